The molecule has 0 fully saturated rings. The standard InChI is InChI=1S/C15H21ClN4O/c1-3-20(4-2)10-9-17-11-14-18-19-15(21-14)12-7-5-6-8-13(12)16/h5-8,17H,3-4,9-11H2,1-2H3. The molecule has 1 aromatic heterocycles. The first-order valence-electron chi connectivity index (χ1n) is 7.25. The number of rotatable bonds is 8. The first-order chi connectivity index (χ1) is 10.2. The molecule has 1 N–H and O–H groups in total. The van der Waals surface area contributed by atoms with Crippen molar-refractivity contribution in [2.24, 2.45) is 0 Å². The van der Waals surface area contributed by atoms with Crippen molar-refractivity contribution in [3.05, 3.63) is 35.2 Å². The molecule has 6 heteroatoms. The van der Waals surface area contributed by atoms with E-state index in [0.717, 1.165) is 31.7 Å². The van der Waals surface area contributed by atoms with Gasteiger partial charge in [0.2, 0.25) is 11.8 Å². The molecule has 0 atom stereocenters. The molecule has 0 amide bonds. The Morgan fingerprint density at radius 2 is 1.95 bits per heavy atom. The summed E-state index contributed by atoms with van der Waals surface area (Å²) < 4.78 is 5.63. The third kappa shape index (κ3) is 4.52. The van der Waals surface area contributed by atoms with Crippen molar-refractivity contribution < 1.29 is 4.42 Å². The summed E-state index contributed by atoms with van der Waals surface area (Å²) in [7, 11) is 0. The van der Waals surface area contributed by atoms with Gasteiger partial charge in [0, 0.05) is 13.1 Å². The number of likely N-dealkylation sites (N-methyl/N-ethyl adjacent to an activating group) is 1. The lowest BCUT2D eigenvalue weighted by Gasteiger charge is -2.17. The highest BCUT2D eigenvalue weighted by atomic mass is 35.5. The van der Waals surface area contributed by atoms with Crippen molar-refractivity contribution in [3.8, 4) is 11.5 Å². The molecule has 21 heavy (non-hydrogen) atoms. The van der Waals surface area contributed by atoms with Crippen molar-refractivity contribution in [2.45, 2.75) is 20.4 Å². The monoisotopic (exact) mass is 308 g/mol. The number of hydrogen-bond donors (Lipinski definition) is 1. The van der Waals surface area contributed by atoms with Gasteiger partial charge in [-0.2, -0.15) is 0 Å². The van der Waals surface area contributed by atoms with Crippen LogP contribution in [0.15, 0.2) is 28.7 Å². The largest absolute Gasteiger partial charge is 0.419 e. The van der Waals surface area contributed by atoms with Gasteiger partial charge in [-0.3, -0.25) is 0 Å². The fraction of sp³-hybridized carbons (Fsp3) is 0.467. The van der Waals surface area contributed by atoms with Gasteiger partial charge in [0.05, 0.1) is 17.1 Å². The van der Waals surface area contributed by atoms with Gasteiger partial charge in [-0.05, 0) is 25.2 Å². The smallest absolute Gasteiger partial charge is 0.249 e. The van der Waals surface area contributed by atoms with Crippen LogP contribution in [0.1, 0.15) is 19.7 Å². The van der Waals surface area contributed by atoms with Gasteiger partial charge >= 0.3 is 0 Å². The summed E-state index contributed by atoms with van der Waals surface area (Å²) in [5.41, 5.74) is 0.765. The third-order valence-corrected chi connectivity index (χ3v) is 3.68. The van der Waals surface area contributed by atoms with Gasteiger partial charge in [-0.15, -0.1) is 10.2 Å². The molecule has 5 nitrogen and oxygen atoms in total. The van der Waals surface area contributed by atoms with Gasteiger partial charge < -0.3 is 14.6 Å². The van der Waals surface area contributed by atoms with E-state index in [1.54, 1.807) is 0 Å². The lowest BCUT2D eigenvalue weighted by atomic mass is 10.2. The van der Waals surface area contributed by atoms with Crippen LogP contribution in [-0.2, 0) is 6.54 Å². The summed E-state index contributed by atoms with van der Waals surface area (Å²) in [6.45, 7) is 8.93. The first kappa shape index (κ1) is 15.9. The zero-order valence-corrected chi connectivity index (χ0v) is 13.2. The first-order valence-corrected chi connectivity index (χ1v) is 7.62. The van der Waals surface area contributed by atoms with Gasteiger partial charge in [-0.1, -0.05) is 37.6 Å². The number of nitrogens with one attached hydrogen (secondary N) is 1. The molecule has 114 valence electrons. The molecule has 0 bridgehead atoms. The van der Waals surface area contributed by atoms with Crippen molar-refractivity contribution >= 4 is 11.6 Å². The van der Waals surface area contributed by atoms with Crippen LogP contribution in [0.3, 0.4) is 0 Å². The van der Waals surface area contributed by atoms with Crippen LogP contribution in [0.2, 0.25) is 5.02 Å². The van der Waals surface area contributed by atoms with Crippen molar-refractivity contribution in [2.75, 3.05) is 26.2 Å². The van der Waals surface area contributed by atoms with Crippen LogP contribution in [0.4, 0.5) is 0 Å². The Hall–Kier alpha value is -1.43. The lowest BCUT2D eigenvalue weighted by molar-refractivity contribution is 0.300. The van der Waals surface area contributed by atoms with Crippen LogP contribution in [0.25, 0.3) is 11.5 Å². The van der Waals surface area contributed by atoms with Crippen LogP contribution >= 0.6 is 11.6 Å². The zero-order chi connectivity index (χ0) is 15.1. The molecule has 0 saturated heterocycles. The number of hydrogen-bond acceptors (Lipinski definition) is 5. The number of benzene rings is 1. The lowest BCUT2D eigenvalue weighted by Crippen LogP contribution is -2.31. The second kappa shape index (κ2) is 8.12. The van der Waals surface area contributed by atoms with E-state index in [1.165, 1.54) is 0 Å². The second-order valence-corrected chi connectivity index (χ2v) is 5.09. The molecule has 0 aliphatic carbocycles. The number of nitrogens with zero attached hydrogens (tertiary/aromatic N) is 3. The van der Waals surface area contributed by atoms with E-state index in [2.05, 4.69) is 34.3 Å². The molecule has 0 saturated carbocycles. The molecule has 2 aromatic rings. The maximum atomic E-state index is 6.11. The Morgan fingerprint density at radius 1 is 1.19 bits per heavy atom. The molecule has 0 spiro atoms. The fourth-order valence-electron chi connectivity index (χ4n) is 2.04. The average molecular weight is 309 g/mol. The normalized spacial score (nSPS) is 11.2. The summed E-state index contributed by atoms with van der Waals surface area (Å²) in [6, 6.07) is 7.45. The van der Waals surface area contributed by atoms with Crippen molar-refractivity contribution in [3.63, 3.8) is 0 Å². The summed E-state index contributed by atoms with van der Waals surface area (Å²) in [4.78, 5) is 2.36. The molecule has 0 radical (unpaired) electrons. The minimum Gasteiger partial charge on any atom is -0.419 e. The molecule has 0 aliphatic heterocycles. The predicted octanol–water partition coefficient (Wildman–Crippen LogP) is 2.82. The summed E-state index contributed by atoms with van der Waals surface area (Å²) in [6.07, 6.45) is 0. The minimum atomic E-state index is 0.459. The molecule has 1 aromatic carbocycles. The molecule has 0 unspecified atom stereocenters. The molecule has 2 rings (SSSR count). The van der Waals surface area contributed by atoms with E-state index in [4.69, 9.17) is 16.0 Å². The van der Waals surface area contributed by atoms with Crippen LogP contribution in [-0.4, -0.2) is 41.3 Å². The molecular formula is C15H21ClN4O. The van der Waals surface area contributed by atoms with Crippen LogP contribution in [0, 0.1) is 0 Å². The average Bonchev–Trinajstić information content (AvgIpc) is 2.96. The Morgan fingerprint density at radius 3 is 2.67 bits per heavy atom. The second-order valence-electron chi connectivity index (χ2n) is 4.68. The summed E-state index contributed by atoms with van der Waals surface area (Å²) in [5.74, 6) is 1.03. The third-order valence-electron chi connectivity index (χ3n) is 3.35. The fourth-order valence-corrected chi connectivity index (χ4v) is 2.26. The highest BCUT2D eigenvalue weighted by Gasteiger charge is 2.11. The maximum absolute atomic E-state index is 6.11. The Labute approximate surface area is 130 Å². The zero-order valence-electron chi connectivity index (χ0n) is 12.5. The van der Waals surface area contributed by atoms with Crippen molar-refractivity contribution in [1.29, 1.82) is 0 Å². The van der Waals surface area contributed by atoms with E-state index in [0.29, 0.717) is 23.3 Å². The Balaban J connectivity index is 1.85. The van der Waals surface area contributed by atoms with Gasteiger partial charge in [0.1, 0.15) is 0 Å². The van der Waals surface area contributed by atoms with E-state index in [9.17, 15) is 0 Å². The maximum Gasteiger partial charge on any atom is 0.249 e. The molecular weight excluding hydrogens is 288 g/mol. The molecule has 1 heterocycles. The number of halogens is 1. The Kier molecular flexibility index (Phi) is 6.17. The highest BCUT2D eigenvalue weighted by molar-refractivity contribution is 6.33. The predicted molar refractivity (Wildman–Crippen MR) is 84.2 cm³/mol. The van der Waals surface area contributed by atoms with Crippen LogP contribution < -0.4 is 5.32 Å². The number of aromatic nitrogens is 2. The quantitative estimate of drug-likeness (QED) is 0.760. The SMILES string of the molecule is CCN(CC)CCNCc1nnc(-c2ccccc2Cl)o1. The summed E-state index contributed by atoms with van der Waals surface area (Å²) in [5, 5.41) is 12.0. The Bertz CT molecular complexity index is 554. The van der Waals surface area contributed by atoms with Gasteiger partial charge in [-0.25, -0.2) is 0 Å². The van der Waals surface area contributed by atoms with Crippen LogP contribution in [0.5, 0.6) is 0 Å². The van der Waals surface area contributed by atoms with E-state index in [1.807, 2.05) is 24.3 Å². The molecule has 0 aliphatic rings. The highest BCUT2D eigenvalue weighted by Crippen LogP contribution is 2.25. The van der Waals surface area contributed by atoms with Gasteiger partial charge in [0.25, 0.3) is 0 Å². The minimum absolute atomic E-state index is 0.459. The van der Waals surface area contributed by atoms with E-state index >= 15 is 0 Å². The van der Waals surface area contributed by atoms with Crippen molar-refractivity contribution in [1.82, 2.24) is 20.4 Å². The van der Waals surface area contributed by atoms with E-state index < -0.39 is 0 Å². The van der Waals surface area contributed by atoms with Gasteiger partial charge in [0.15, 0.2) is 0 Å². The van der Waals surface area contributed by atoms with E-state index in [-0.39, 0.29) is 0 Å². The topological polar surface area (TPSA) is 54.2 Å². The summed E-state index contributed by atoms with van der Waals surface area (Å²) >= 11 is 6.11.